The van der Waals surface area contributed by atoms with E-state index < -0.39 is 0 Å². The van der Waals surface area contributed by atoms with Crippen LogP contribution in [0.3, 0.4) is 0 Å². The van der Waals surface area contributed by atoms with Gasteiger partial charge < -0.3 is 4.74 Å². The molecular weight excluding hydrogens is 208 g/mol. The molecule has 0 saturated carbocycles. The van der Waals surface area contributed by atoms with Crippen LogP contribution in [-0.2, 0) is 11.2 Å². The lowest BCUT2D eigenvalue weighted by atomic mass is 10.1. The van der Waals surface area contributed by atoms with Gasteiger partial charge in [-0.25, -0.2) is 0 Å². The lowest BCUT2D eigenvalue weighted by Crippen LogP contribution is -1.99. The average molecular weight is 224 g/mol. The topological polar surface area (TPSA) is 26.3 Å². The summed E-state index contributed by atoms with van der Waals surface area (Å²) in [5.74, 6) is 1.06. The van der Waals surface area contributed by atoms with E-state index in [0.29, 0.717) is 13.0 Å². The summed E-state index contributed by atoms with van der Waals surface area (Å²) in [4.78, 5) is 12.2. The van der Waals surface area contributed by atoms with Gasteiger partial charge >= 0.3 is 0 Å². The van der Waals surface area contributed by atoms with Gasteiger partial charge in [-0.2, -0.15) is 0 Å². The second-order valence-electron chi connectivity index (χ2n) is 3.29. The minimum absolute atomic E-state index is 0.189. The highest BCUT2D eigenvalue weighted by Gasteiger charge is 2.05. The monoisotopic (exact) mass is 224 g/mol. The standard InChI is InChI=1S/C12H16O2S/c1-4-14-11-6-5-10(7-9(2)13)12(8-11)15-3/h5-6,8H,4,7H2,1-3H3. The summed E-state index contributed by atoms with van der Waals surface area (Å²) in [7, 11) is 0. The Balaban J connectivity index is 2.92. The number of thioether (sulfide) groups is 1. The van der Waals surface area contributed by atoms with Crippen LogP contribution in [-0.4, -0.2) is 18.6 Å². The SMILES string of the molecule is CCOc1ccc(CC(C)=O)c(SC)c1. The molecule has 0 fully saturated rings. The zero-order valence-corrected chi connectivity index (χ0v) is 10.2. The number of carbonyl (C=O) groups excluding carboxylic acids is 1. The molecule has 82 valence electrons. The van der Waals surface area contributed by atoms with Gasteiger partial charge in [0.05, 0.1) is 6.61 Å². The number of rotatable bonds is 5. The van der Waals surface area contributed by atoms with Crippen LogP contribution < -0.4 is 4.74 Å². The zero-order valence-electron chi connectivity index (χ0n) is 9.37. The fraction of sp³-hybridized carbons (Fsp3) is 0.417. The molecule has 3 heteroatoms. The predicted octanol–water partition coefficient (Wildman–Crippen LogP) is 2.94. The maximum atomic E-state index is 11.1. The highest BCUT2D eigenvalue weighted by Crippen LogP contribution is 2.26. The Morgan fingerprint density at radius 1 is 1.47 bits per heavy atom. The number of ketones is 1. The Morgan fingerprint density at radius 3 is 2.73 bits per heavy atom. The third-order valence-corrected chi connectivity index (χ3v) is 2.83. The number of ether oxygens (including phenoxy) is 1. The molecule has 15 heavy (non-hydrogen) atoms. The minimum Gasteiger partial charge on any atom is -0.494 e. The number of carbonyl (C=O) groups is 1. The van der Waals surface area contributed by atoms with E-state index in [-0.39, 0.29) is 5.78 Å². The highest BCUT2D eigenvalue weighted by molar-refractivity contribution is 7.98. The van der Waals surface area contributed by atoms with Crippen molar-refractivity contribution < 1.29 is 9.53 Å². The lowest BCUT2D eigenvalue weighted by Gasteiger charge is -2.09. The Kier molecular flexibility index (Phi) is 4.69. The fourth-order valence-electron chi connectivity index (χ4n) is 1.40. The average Bonchev–Trinajstić information content (AvgIpc) is 2.20. The van der Waals surface area contributed by atoms with Gasteiger partial charge in [-0.3, -0.25) is 4.79 Å². The van der Waals surface area contributed by atoms with E-state index in [0.717, 1.165) is 16.2 Å². The number of Topliss-reactive ketones (excluding diaryl/α,β-unsaturated/α-hetero) is 1. The first kappa shape index (κ1) is 12.1. The van der Waals surface area contributed by atoms with Crippen LogP contribution in [0.1, 0.15) is 19.4 Å². The second-order valence-corrected chi connectivity index (χ2v) is 4.13. The van der Waals surface area contributed by atoms with Gasteiger partial charge in [-0.05, 0) is 37.8 Å². The zero-order chi connectivity index (χ0) is 11.3. The third-order valence-electron chi connectivity index (χ3n) is 2.01. The predicted molar refractivity (Wildman–Crippen MR) is 63.8 cm³/mol. The molecule has 0 amide bonds. The van der Waals surface area contributed by atoms with Crippen molar-refractivity contribution in [1.82, 2.24) is 0 Å². The smallest absolute Gasteiger partial charge is 0.134 e. The summed E-state index contributed by atoms with van der Waals surface area (Å²) >= 11 is 1.65. The van der Waals surface area contributed by atoms with Gasteiger partial charge in [0.1, 0.15) is 11.5 Å². The van der Waals surface area contributed by atoms with E-state index in [9.17, 15) is 4.79 Å². The maximum Gasteiger partial charge on any atom is 0.134 e. The van der Waals surface area contributed by atoms with Crippen molar-refractivity contribution in [3.63, 3.8) is 0 Å². The Bertz CT molecular complexity index is 347. The summed E-state index contributed by atoms with van der Waals surface area (Å²) in [6.07, 6.45) is 2.51. The Labute approximate surface area is 95.0 Å². The summed E-state index contributed by atoms with van der Waals surface area (Å²) in [6, 6.07) is 5.88. The molecule has 0 N–H and O–H groups in total. The molecule has 0 unspecified atom stereocenters. The van der Waals surface area contributed by atoms with Crippen LogP contribution in [0.5, 0.6) is 5.75 Å². The molecule has 1 rings (SSSR count). The maximum absolute atomic E-state index is 11.1. The van der Waals surface area contributed by atoms with Crippen molar-refractivity contribution in [2.24, 2.45) is 0 Å². The molecule has 0 aliphatic carbocycles. The van der Waals surface area contributed by atoms with Crippen molar-refractivity contribution in [1.29, 1.82) is 0 Å². The molecule has 0 aromatic heterocycles. The molecule has 1 aromatic rings. The van der Waals surface area contributed by atoms with E-state index in [4.69, 9.17) is 4.74 Å². The molecule has 0 atom stereocenters. The van der Waals surface area contributed by atoms with Gasteiger partial charge in [-0.15, -0.1) is 11.8 Å². The van der Waals surface area contributed by atoms with Gasteiger partial charge in [0.25, 0.3) is 0 Å². The molecule has 0 aliphatic heterocycles. The summed E-state index contributed by atoms with van der Waals surface area (Å²) in [6.45, 7) is 4.24. The third kappa shape index (κ3) is 3.59. The van der Waals surface area contributed by atoms with Gasteiger partial charge in [0, 0.05) is 11.3 Å². The van der Waals surface area contributed by atoms with Crippen LogP contribution >= 0.6 is 11.8 Å². The van der Waals surface area contributed by atoms with Crippen molar-refractivity contribution in [2.45, 2.75) is 25.2 Å². The lowest BCUT2D eigenvalue weighted by molar-refractivity contribution is -0.116. The molecule has 1 aromatic carbocycles. The summed E-state index contributed by atoms with van der Waals surface area (Å²) in [5, 5.41) is 0. The van der Waals surface area contributed by atoms with Crippen molar-refractivity contribution in [3.05, 3.63) is 23.8 Å². The van der Waals surface area contributed by atoms with Crippen molar-refractivity contribution in [2.75, 3.05) is 12.9 Å². The molecule has 0 aliphatic rings. The first-order valence-electron chi connectivity index (χ1n) is 4.96. The summed E-state index contributed by atoms with van der Waals surface area (Å²) in [5.41, 5.74) is 1.08. The largest absolute Gasteiger partial charge is 0.494 e. The van der Waals surface area contributed by atoms with E-state index in [2.05, 4.69) is 0 Å². The minimum atomic E-state index is 0.189. The quantitative estimate of drug-likeness (QED) is 0.719. The Morgan fingerprint density at radius 2 is 2.20 bits per heavy atom. The number of hydrogen-bond acceptors (Lipinski definition) is 3. The van der Waals surface area contributed by atoms with E-state index in [1.54, 1.807) is 18.7 Å². The molecule has 0 saturated heterocycles. The number of hydrogen-bond donors (Lipinski definition) is 0. The van der Waals surface area contributed by atoms with Gasteiger partial charge in [-0.1, -0.05) is 6.07 Å². The Hall–Kier alpha value is -0.960. The normalized spacial score (nSPS) is 10.1. The first-order chi connectivity index (χ1) is 7.17. The van der Waals surface area contributed by atoms with E-state index >= 15 is 0 Å². The van der Waals surface area contributed by atoms with Crippen LogP contribution in [0.15, 0.2) is 23.1 Å². The van der Waals surface area contributed by atoms with Crippen LogP contribution in [0, 0.1) is 0 Å². The van der Waals surface area contributed by atoms with Crippen LogP contribution in [0.4, 0.5) is 0 Å². The van der Waals surface area contributed by atoms with Crippen LogP contribution in [0.25, 0.3) is 0 Å². The van der Waals surface area contributed by atoms with Crippen molar-refractivity contribution >= 4 is 17.5 Å². The second kappa shape index (κ2) is 5.81. The molecule has 0 spiro atoms. The molecule has 0 radical (unpaired) electrons. The fourth-order valence-corrected chi connectivity index (χ4v) is 2.03. The number of benzene rings is 1. The highest BCUT2D eigenvalue weighted by atomic mass is 32.2. The van der Waals surface area contributed by atoms with E-state index in [1.807, 2.05) is 31.4 Å². The molecule has 0 bridgehead atoms. The van der Waals surface area contributed by atoms with E-state index in [1.165, 1.54) is 0 Å². The van der Waals surface area contributed by atoms with Gasteiger partial charge in [0.15, 0.2) is 0 Å². The molecule has 0 heterocycles. The van der Waals surface area contributed by atoms with Crippen molar-refractivity contribution in [3.8, 4) is 5.75 Å². The van der Waals surface area contributed by atoms with Gasteiger partial charge in [0.2, 0.25) is 0 Å². The summed E-state index contributed by atoms with van der Waals surface area (Å²) < 4.78 is 5.41. The molecule has 2 nitrogen and oxygen atoms in total. The van der Waals surface area contributed by atoms with Crippen LogP contribution in [0.2, 0.25) is 0 Å². The first-order valence-corrected chi connectivity index (χ1v) is 6.19. The molecular formula is C12H16O2S.